The summed E-state index contributed by atoms with van der Waals surface area (Å²) in [7, 11) is -2.16. The van der Waals surface area contributed by atoms with Crippen molar-refractivity contribution in [2.24, 2.45) is 17.8 Å². The van der Waals surface area contributed by atoms with E-state index in [0.717, 1.165) is 17.9 Å². The Morgan fingerprint density at radius 2 is 2.00 bits per heavy atom. The molecule has 1 heterocycles. The van der Waals surface area contributed by atoms with Crippen LogP contribution < -0.4 is 5.30 Å². The van der Waals surface area contributed by atoms with E-state index in [-0.39, 0.29) is 0 Å². The van der Waals surface area contributed by atoms with E-state index < -0.39 is 7.14 Å². The van der Waals surface area contributed by atoms with Gasteiger partial charge < -0.3 is 4.57 Å². The second kappa shape index (κ2) is 4.10. The van der Waals surface area contributed by atoms with Gasteiger partial charge in [0.15, 0.2) is 0 Å². The number of rotatable bonds is 2. The van der Waals surface area contributed by atoms with Crippen LogP contribution in [-0.2, 0) is 4.57 Å². The molecule has 2 bridgehead atoms. The molecule has 0 amide bonds. The van der Waals surface area contributed by atoms with Crippen molar-refractivity contribution in [3.63, 3.8) is 0 Å². The van der Waals surface area contributed by atoms with E-state index >= 15 is 0 Å². The van der Waals surface area contributed by atoms with Gasteiger partial charge in [-0.1, -0.05) is 49.4 Å². The molecule has 2 unspecified atom stereocenters. The molecule has 1 aliphatic heterocycles. The molecule has 2 fully saturated rings. The van der Waals surface area contributed by atoms with Crippen molar-refractivity contribution in [2.45, 2.75) is 25.9 Å². The van der Waals surface area contributed by atoms with E-state index in [4.69, 9.17) is 0 Å². The number of benzene rings is 1. The monoisotopic (exact) mass is 260 g/mol. The third-order valence-corrected chi connectivity index (χ3v) is 9.03. The summed E-state index contributed by atoms with van der Waals surface area (Å²) < 4.78 is 13.4. The third kappa shape index (κ3) is 1.57. The summed E-state index contributed by atoms with van der Waals surface area (Å²) in [6.45, 7) is 8.54. The molecule has 2 heteroatoms. The highest BCUT2D eigenvalue weighted by Crippen LogP contribution is 2.69. The van der Waals surface area contributed by atoms with Crippen LogP contribution in [0.4, 0.5) is 0 Å². The molecule has 1 aliphatic carbocycles. The molecule has 18 heavy (non-hydrogen) atoms. The van der Waals surface area contributed by atoms with Crippen molar-refractivity contribution < 1.29 is 4.57 Å². The predicted molar refractivity (Wildman–Crippen MR) is 77.9 cm³/mol. The summed E-state index contributed by atoms with van der Waals surface area (Å²) >= 11 is 0. The zero-order chi connectivity index (χ0) is 12.9. The number of hydrogen-bond acceptors (Lipinski definition) is 1. The van der Waals surface area contributed by atoms with Gasteiger partial charge >= 0.3 is 0 Å². The lowest BCUT2D eigenvalue weighted by molar-refractivity contribution is 0.413. The van der Waals surface area contributed by atoms with Crippen molar-refractivity contribution in [2.75, 3.05) is 6.16 Å². The molecule has 0 N–H and O–H groups in total. The molecular formula is C16H21OP. The van der Waals surface area contributed by atoms with Crippen LogP contribution in [0, 0.1) is 17.8 Å². The first-order chi connectivity index (χ1) is 8.54. The molecule has 0 spiro atoms. The lowest BCUT2D eigenvalue weighted by atomic mass is 9.88. The Labute approximate surface area is 110 Å². The fourth-order valence-corrected chi connectivity index (χ4v) is 8.44. The van der Waals surface area contributed by atoms with Crippen molar-refractivity contribution in [3.05, 3.63) is 42.5 Å². The minimum Gasteiger partial charge on any atom is -0.318 e. The molecule has 1 aromatic rings. The Morgan fingerprint density at radius 1 is 1.33 bits per heavy atom. The number of allylic oxidation sites excluding steroid dienone is 1. The maximum Gasteiger partial charge on any atom is 0.119 e. The summed E-state index contributed by atoms with van der Waals surface area (Å²) in [5.41, 5.74) is 1.68. The normalized spacial score (nSPS) is 42.1. The Morgan fingerprint density at radius 3 is 2.50 bits per heavy atom. The third-order valence-electron chi connectivity index (χ3n) is 5.14. The van der Waals surface area contributed by atoms with Crippen LogP contribution in [0.3, 0.4) is 0 Å². The SMILES string of the molecule is C=C(C)[C@@H]1CC2[C@@H](C)[C@H]1CP2(=O)c1ccccc1. The van der Waals surface area contributed by atoms with Crippen LogP contribution in [0.2, 0.25) is 0 Å². The molecule has 0 aromatic heterocycles. The van der Waals surface area contributed by atoms with Gasteiger partial charge in [0.25, 0.3) is 0 Å². The zero-order valence-corrected chi connectivity index (χ0v) is 12.1. The van der Waals surface area contributed by atoms with Crippen LogP contribution in [-0.4, -0.2) is 11.8 Å². The summed E-state index contributed by atoms with van der Waals surface area (Å²) in [6.07, 6.45) is 1.99. The van der Waals surface area contributed by atoms with Crippen molar-refractivity contribution in [1.29, 1.82) is 0 Å². The van der Waals surface area contributed by atoms with E-state index in [1.807, 2.05) is 18.2 Å². The van der Waals surface area contributed by atoms with Crippen LogP contribution in [0.15, 0.2) is 42.5 Å². The molecule has 1 saturated carbocycles. The molecule has 1 aromatic carbocycles. The zero-order valence-electron chi connectivity index (χ0n) is 11.2. The van der Waals surface area contributed by atoms with Gasteiger partial charge in [-0.15, -0.1) is 0 Å². The fourth-order valence-electron chi connectivity index (χ4n) is 4.14. The maximum atomic E-state index is 13.4. The van der Waals surface area contributed by atoms with Gasteiger partial charge in [-0.2, -0.15) is 0 Å². The van der Waals surface area contributed by atoms with Gasteiger partial charge in [0.05, 0.1) is 0 Å². The van der Waals surface area contributed by atoms with Crippen LogP contribution in [0.1, 0.15) is 20.3 Å². The van der Waals surface area contributed by atoms with E-state index in [1.165, 1.54) is 5.57 Å². The smallest absolute Gasteiger partial charge is 0.119 e. The number of fused-ring (bicyclic) bond motifs is 2. The van der Waals surface area contributed by atoms with Crippen LogP contribution >= 0.6 is 7.14 Å². The molecule has 0 radical (unpaired) electrons. The van der Waals surface area contributed by atoms with E-state index in [9.17, 15) is 4.57 Å². The predicted octanol–water partition coefficient (Wildman–Crippen LogP) is 3.91. The lowest BCUT2D eigenvalue weighted by Crippen LogP contribution is -2.22. The highest BCUT2D eigenvalue weighted by atomic mass is 31.2. The van der Waals surface area contributed by atoms with Gasteiger partial charge in [-0.25, -0.2) is 0 Å². The van der Waals surface area contributed by atoms with Crippen LogP contribution in [0.5, 0.6) is 0 Å². The Bertz CT molecular complexity index is 519. The summed E-state index contributed by atoms with van der Waals surface area (Å²) in [5, 5.41) is 1.10. The average Bonchev–Trinajstić information content (AvgIpc) is 2.81. The van der Waals surface area contributed by atoms with Gasteiger partial charge in [0, 0.05) is 17.1 Å². The second-order valence-corrected chi connectivity index (χ2v) is 9.23. The highest BCUT2D eigenvalue weighted by molar-refractivity contribution is 7.72. The molecule has 1 saturated heterocycles. The largest absolute Gasteiger partial charge is 0.318 e. The standard InChI is InChI=1S/C16H21OP/c1-11(2)14-9-16-12(3)15(14)10-18(16,17)13-7-5-4-6-8-13/h4-8,12,14-16H,1,9-10H2,2-3H3/t12-,14-,15+,16?,18?/m0/s1. The van der Waals surface area contributed by atoms with Gasteiger partial charge in [0.1, 0.15) is 7.14 Å². The van der Waals surface area contributed by atoms with Crippen molar-refractivity contribution in [1.82, 2.24) is 0 Å². The first-order valence-corrected chi connectivity index (χ1v) is 8.80. The number of hydrogen-bond donors (Lipinski definition) is 0. The molecular weight excluding hydrogens is 239 g/mol. The maximum absolute atomic E-state index is 13.4. The van der Waals surface area contributed by atoms with Gasteiger partial charge in [0.2, 0.25) is 0 Å². The summed E-state index contributed by atoms with van der Waals surface area (Å²) in [6, 6.07) is 10.2. The van der Waals surface area contributed by atoms with Gasteiger partial charge in [-0.05, 0) is 31.1 Å². The van der Waals surface area contributed by atoms with Gasteiger partial charge in [-0.3, -0.25) is 0 Å². The first-order valence-electron chi connectivity index (χ1n) is 6.84. The minimum atomic E-state index is -2.16. The Balaban J connectivity index is 1.97. The van der Waals surface area contributed by atoms with Crippen molar-refractivity contribution in [3.8, 4) is 0 Å². The molecule has 2 aliphatic rings. The van der Waals surface area contributed by atoms with Crippen molar-refractivity contribution >= 4 is 12.4 Å². The second-order valence-electron chi connectivity index (χ2n) is 6.09. The Hall–Kier alpha value is -0.810. The topological polar surface area (TPSA) is 17.1 Å². The molecule has 96 valence electrons. The minimum absolute atomic E-state index is 0.395. The molecule has 3 rings (SSSR count). The average molecular weight is 260 g/mol. The van der Waals surface area contributed by atoms with E-state index in [1.54, 1.807) is 0 Å². The molecule has 5 atom stereocenters. The Kier molecular flexibility index (Phi) is 2.79. The van der Waals surface area contributed by atoms with E-state index in [0.29, 0.717) is 23.4 Å². The summed E-state index contributed by atoms with van der Waals surface area (Å²) in [4.78, 5) is 0. The first kappa shape index (κ1) is 12.2. The fraction of sp³-hybridized carbons (Fsp3) is 0.500. The van der Waals surface area contributed by atoms with E-state index in [2.05, 4.69) is 32.6 Å². The highest BCUT2D eigenvalue weighted by Gasteiger charge is 2.57. The van der Waals surface area contributed by atoms with Crippen LogP contribution in [0.25, 0.3) is 0 Å². The lowest BCUT2D eigenvalue weighted by Gasteiger charge is -2.29. The quantitative estimate of drug-likeness (QED) is 0.582. The summed E-state index contributed by atoms with van der Waals surface area (Å²) in [5.74, 6) is 1.80. The molecule has 1 nitrogen and oxygen atoms in total.